The molecular formula is C25H23ClN2O2. The number of hydrogen-bond donors (Lipinski definition) is 1. The van der Waals surface area contributed by atoms with Crippen molar-refractivity contribution in [3.05, 3.63) is 81.9 Å². The van der Waals surface area contributed by atoms with E-state index in [0.717, 1.165) is 16.6 Å². The number of anilines is 1. The molecule has 0 fully saturated rings. The third kappa shape index (κ3) is 3.96. The first kappa shape index (κ1) is 20.2. The van der Waals surface area contributed by atoms with Gasteiger partial charge in [-0.05, 0) is 78.9 Å². The number of fused-ring (bicyclic) bond motifs is 1. The van der Waals surface area contributed by atoms with Gasteiger partial charge < -0.3 is 9.73 Å². The lowest BCUT2D eigenvalue weighted by Gasteiger charge is -2.09. The van der Waals surface area contributed by atoms with Gasteiger partial charge in [-0.25, -0.2) is 4.98 Å². The van der Waals surface area contributed by atoms with Gasteiger partial charge in [-0.1, -0.05) is 37.6 Å². The molecule has 0 saturated carbocycles. The summed E-state index contributed by atoms with van der Waals surface area (Å²) in [6.45, 7) is 8.29. The number of benzene rings is 3. The summed E-state index contributed by atoms with van der Waals surface area (Å²) in [6.07, 6.45) is 0. The highest BCUT2D eigenvalue weighted by molar-refractivity contribution is 6.33. The van der Waals surface area contributed by atoms with Gasteiger partial charge in [-0.15, -0.1) is 0 Å². The Kier molecular flexibility index (Phi) is 5.35. The number of nitrogens with zero attached hydrogens (tertiary/aromatic N) is 1. The van der Waals surface area contributed by atoms with Crippen LogP contribution in [0.15, 0.2) is 59.0 Å². The minimum Gasteiger partial charge on any atom is -0.436 e. The average Bonchev–Trinajstić information content (AvgIpc) is 3.14. The molecule has 0 spiro atoms. The van der Waals surface area contributed by atoms with Crippen molar-refractivity contribution < 1.29 is 9.21 Å². The number of aromatic nitrogens is 1. The molecule has 0 radical (unpaired) electrons. The summed E-state index contributed by atoms with van der Waals surface area (Å²) in [4.78, 5) is 17.3. The molecule has 0 atom stereocenters. The van der Waals surface area contributed by atoms with Crippen molar-refractivity contribution in [3.8, 4) is 11.5 Å². The number of aryl methyl sites for hydroxylation is 2. The van der Waals surface area contributed by atoms with Crippen LogP contribution in [0.1, 0.15) is 46.8 Å². The van der Waals surface area contributed by atoms with Crippen molar-refractivity contribution in [2.75, 3.05) is 5.32 Å². The second-order valence-electron chi connectivity index (χ2n) is 7.85. The van der Waals surface area contributed by atoms with Gasteiger partial charge in [0.1, 0.15) is 5.52 Å². The first-order valence-corrected chi connectivity index (χ1v) is 10.3. The molecule has 1 aromatic heterocycles. The SMILES string of the molecule is Cc1ccc(C(=O)Nc2ccc(Cl)c(-c3nc4cc(C(C)C)ccc4o3)c2)cc1C. The van der Waals surface area contributed by atoms with Gasteiger partial charge in [0.05, 0.1) is 10.6 Å². The summed E-state index contributed by atoms with van der Waals surface area (Å²) < 4.78 is 5.93. The highest BCUT2D eigenvalue weighted by Gasteiger charge is 2.15. The molecule has 0 aliphatic carbocycles. The molecule has 30 heavy (non-hydrogen) atoms. The molecule has 0 bridgehead atoms. The van der Waals surface area contributed by atoms with E-state index in [1.165, 1.54) is 5.56 Å². The summed E-state index contributed by atoms with van der Waals surface area (Å²) in [5.74, 6) is 0.658. The van der Waals surface area contributed by atoms with Crippen molar-refractivity contribution in [2.24, 2.45) is 0 Å². The summed E-state index contributed by atoms with van der Waals surface area (Å²) in [5, 5.41) is 3.44. The Morgan fingerprint density at radius 2 is 1.80 bits per heavy atom. The van der Waals surface area contributed by atoms with Gasteiger partial charge in [0.25, 0.3) is 5.91 Å². The number of oxazole rings is 1. The molecule has 0 aliphatic heterocycles. The van der Waals surface area contributed by atoms with E-state index >= 15 is 0 Å². The van der Waals surface area contributed by atoms with Gasteiger partial charge in [0, 0.05) is 11.3 Å². The van der Waals surface area contributed by atoms with E-state index in [-0.39, 0.29) is 5.91 Å². The number of hydrogen-bond acceptors (Lipinski definition) is 3. The molecular weight excluding hydrogens is 396 g/mol. The fourth-order valence-electron chi connectivity index (χ4n) is 3.27. The van der Waals surface area contributed by atoms with E-state index in [2.05, 4.69) is 24.1 Å². The van der Waals surface area contributed by atoms with E-state index in [9.17, 15) is 4.79 Å². The Balaban J connectivity index is 1.65. The minimum atomic E-state index is -0.175. The van der Waals surface area contributed by atoms with E-state index < -0.39 is 0 Å². The van der Waals surface area contributed by atoms with Crippen LogP contribution >= 0.6 is 11.6 Å². The smallest absolute Gasteiger partial charge is 0.255 e. The maximum Gasteiger partial charge on any atom is 0.255 e. The minimum absolute atomic E-state index is 0.175. The lowest BCUT2D eigenvalue weighted by atomic mass is 10.0. The van der Waals surface area contributed by atoms with Crippen LogP contribution in [0, 0.1) is 13.8 Å². The number of carbonyl (C=O) groups excluding carboxylic acids is 1. The maximum atomic E-state index is 12.7. The molecule has 1 amide bonds. The van der Waals surface area contributed by atoms with Crippen molar-refractivity contribution in [2.45, 2.75) is 33.6 Å². The fourth-order valence-corrected chi connectivity index (χ4v) is 3.47. The van der Waals surface area contributed by atoms with Gasteiger partial charge in [0.15, 0.2) is 5.58 Å². The van der Waals surface area contributed by atoms with Crippen molar-refractivity contribution in [3.63, 3.8) is 0 Å². The van der Waals surface area contributed by atoms with Crippen LogP contribution in [0.3, 0.4) is 0 Å². The van der Waals surface area contributed by atoms with Crippen LogP contribution in [0.5, 0.6) is 0 Å². The van der Waals surface area contributed by atoms with E-state index in [1.807, 2.05) is 50.2 Å². The highest BCUT2D eigenvalue weighted by atomic mass is 35.5. The number of halogens is 1. The fraction of sp³-hybridized carbons (Fsp3) is 0.200. The lowest BCUT2D eigenvalue weighted by molar-refractivity contribution is 0.102. The molecule has 4 aromatic rings. The first-order valence-electron chi connectivity index (χ1n) is 9.91. The van der Waals surface area contributed by atoms with Crippen molar-refractivity contribution in [1.82, 2.24) is 4.98 Å². The van der Waals surface area contributed by atoms with Gasteiger partial charge in [-0.3, -0.25) is 4.79 Å². The summed E-state index contributed by atoms with van der Waals surface area (Å²) in [6, 6.07) is 17.0. The maximum absolute atomic E-state index is 12.7. The molecule has 1 N–H and O–H groups in total. The summed E-state index contributed by atoms with van der Waals surface area (Å²) in [5.41, 5.74) is 6.79. The van der Waals surface area contributed by atoms with Crippen LogP contribution in [0.25, 0.3) is 22.6 Å². The summed E-state index contributed by atoms with van der Waals surface area (Å²) in [7, 11) is 0. The quantitative estimate of drug-likeness (QED) is 0.383. The molecule has 1 heterocycles. The standard InChI is InChI=1S/C25H23ClN2O2/c1-14(2)17-7-10-23-22(12-17)28-25(30-23)20-13-19(8-9-21(20)26)27-24(29)18-6-5-15(3)16(4)11-18/h5-14H,1-4H3,(H,27,29). The second kappa shape index (κ2) is 7.96. The Morgan fingerprint density at radius 1 is 1.00 bits per heavy atom. The second-order valence-corrected chi connectivity index (χ2v) is 8.26. The van der Waals surface area contributed by atoms with E-state index in [0.29, 0.717) is 39.2 Å². The van der Waals surface area contributed by atoms with Crippen molar-refractivity contribution >= 4 is 34.3 Å². The molecule has 0 saturated heterocycles. The van der Waals surface area contributed by atoms with Crippen LogP contribution in [0.2, 0.25) is 5.02 Å². The molecule has 0 unspecified atom stereocenters. The Bertz CT molecular complexity index is 1260. The first-order chi connectivity index (χ1) is 14.3. The van der Waals surface area contributed by atoms with Gasteiger partial charge in [0.2, 0.25) is 5.89 Å². The van der Waals surface area contributed by atoms with E-state index in [4.69, 9.17) is 16.0 Å². The molecule has 3 aromatic carbocycles. The van der Waals surface area contributed by atoms with Gasteiger partial charge in [-0.2, -0.15) is 0 Å². The Morgan fingerprint density at radius 3 is 2.53 bits per heavy atom. The van der Waals surface area contributed by atoms with Crippen molar-refractivity contribution in [1.29, 1.82) is 0 Å². The number of amides is 1. The monoisotopic (exact) mass is 418 g/mol. The third-order valence-corrected chi connectivity index (χ3v) is 5.63. The predicted octanol–water partition coefficient (Wildman–Crippen LogP) is 7.14. The van der Waals surface area contributed by atoms with Gasteiger partial charge >= 0.3 is 0 Å². The van der Waals surface area contributed by atoms with Crippen LogP contribution < -0.4 is 5.32 Å². The Hall–Kier alpha value is -3.11. The molecule has 5 heteroatoms. The molecule has 4 rings (SSSR count). The zero-order valence-electron chi connectivity index (χ0n) is 17.4. The molecule has 0 aliphatic rings. The average molecular weight is 419 g/mol. The largest absolute Gasteiger partial charge is 0.436 e. The zero-order valence-corrected chi connectivity index (χ0v) is 18.2. The lowest BCUT2D eigenvalue weighted by Crippen LogP contribution is -2.12. The van der Waals surface area contributed by atoms with E-state index in [1.54, 1.807) is 18.2 Å². The normalized spacial score (nSPS) is 11.3. The summed E-state index contributed by atoms with van der Waals surface area (Å²) >= 11 is 6.42. The predicted molar refractivity (Wildman–Crippen MR) is 122 cm³/mol. The number of carbonyl (C=O) groups is 1. The van der Waals surface area contributed by atoms with Crippen LogP contribution in [-0.4, -0.2) is 10.9 Å². The molecule has 152 valence electrons. The number of nitrogens with one attached hydrogen (secondary N) is 1. The Labute approximate surface area is 180 Å². The zero-order chi connectivity index (χ0) is 21.4. The highest BCUT2D eigenvalue weighted by Crippen LogP contribution is 2.33. The number of rotatable bonds is 4. The van der Waals surface area contributed by atoms with Crippen LogP contribution in [0.4, 0.5) is 5.69 Å². The van der Waals surface area contributed by atoms with Crippen LogP contribution in [-0.2, 0) is 0 Å². The topological polar surface area (TPSA) is 55.1 Å². The third-order valence-electron chi connectivity index (χ3n) is 5.30. The molecule has 4 nitrogen and oxygen atoms in total.